The molecule has 0 aliphatic carbocycles. The lowest BCUT2D eigenvalue weighted by Crippen LogP contribution is -2.57. The lowest BCUT2D eigenvalue weighted by Gasteiger charge is -2.33. The molecule has 2 rings (SSSR count). The van der Waals surface area contributed by atoms with Crippen molar-refractivity contribution in [2.45, 2.75) is 31.3 Å². The van der Waals surface area contributed by atoms with Gasteiger partial charge in [0, 0.05) is 23.3 Å². The summed E-state index contributed by atoms with van der Waals surface area (Å²) < 4.78 is 5.24. The second-order valence-electron chi connectivity index (χ2n) is 5.13. The van der Waals surface area contributed by atoms with Crippen LogP contribution in [0.3, 0.4) is 0 Å². The Morgan fingerprint density at radius 2 is 2.00 bits per heavy atom. The topological polar surface area (TPSA) is 64.4 Å². The van der Waals surface area contributed by atoms with Gasteiger partial charge in [-0.3, -0.25) is 4.79 Å². The highest BCUT2D eigenvalue weighted by molar-refractivity contribution is 6.35. The molecule has 1 aromatic carbocycles. The molecule has 1 atom stereocenters. The van der Waals surface area contributed by atoms with Crippen LogP contribution in [0.4, 0.5) is 0 Å². The third-order valence-corrected chi connectivity index (χ3v) is 4.18. The Morgan fingerprint density at radius 3 is 2.57 bits per heavy atom. The summed E-state index contributed by atoms with van der Waals surface area (Å²) in [7, 11) is 0. The number of ether oxygens (including phenoxy) is 1. The van der Waals surface area contributed by atoms with E-state index in [1.165, 1.54) is 0 Å². The van der Waals surface area contributed by atoms with Gasteiger partial charge in [-0.2, -0.15) is 0 Å². The highest BCUT2D eigenvalue weighted by Gasteiger charge is 2.36. The first-order valence-corrected chi connectivity index (χ1v) is 7.30. The average molecular weight is 354 g/mol. The molecule has 3 N–H and O–H groups in total. The van der Waals surface area contributed by atoms with E-state index in [1.807, 2.05) is 13.0 Å². The molecule has 1 aromatic rings. The molecule has 1 aliphatic heterocycles. The molecule has 0 bridgehead atoms. The van der Waals surface area contributed by atoms with E-state index in [2.05, 4.69) is 5.32 Å². The third-order valence-electron chi connectivity index (χ3n) is 3.61. The molecule has 1 aliphatic rings. The van der Waals surface area contributed by atoms with Gasteiger partial charge in [0.2, 0.25) is 5.91 Å². The van der Waals surface area contributed by atoms with Crippen LogP contribution in [-0.2, 0) is 9.53 Å². The number of hydrogen-bond donors (Lipinski definition) is 2. The third kappa shape index (κ3) is 4.47. The van der Waals surface area contributed by atoms with Gasteiger partial charge in [-0.1, -0.05) is 29.3 Å². The summed E-state index contributed by atoms with van der Waals surface area (Å²) in [5.41, 5.74) is 6.11. The van der Waals surface area contributed by atoms with Crippen molar-refractivity contribution in [3.05, 3.63) is 33.8 Å². The molecule has 1 fully saturated rings. The van der Waals surface area contributed by atoms with Gasteiger partial charge in [0.1, 0.15) is 0 Å². The number of hydrogen-bond acceptors (Lipinski definition) is 3. The molecule has 1 heterocycles. The molecule has 118 valence electrons. The maximum absolute atomic E-state index is 12.3. The Morgan fingerprint density at radius 1 is 1.38 bits per heavy atom. The van der Waals surface area contributed by atoms with E-state index in [4.69, 9.17) is 33.7 Å². The maximum Gasteiger partial charge on any atom is 0.240 e. The minimum absolute atomic E-state index is 0. The van der Waals surface area contributed by atoms with Gasteiger partial charge in [-0.25, -0.2) is 0 Å². The molecule has 1 saturated heterocycles. The van der Waals surface area contributed by atoms with Gasteiger partial charge >= 0.3 is 0 Å². The predicted molar refractivity (Wildman–Crippen MR) is 87.2 cm³/mol. The number of nitrogens with one attached hydrogen (secondary N) is 1. The van der Waals surface area contributed by atoms with E-state index in [9.17, 15) is 4.79 Å². The second-order valence-corrected chi connectivity index (χ2v) is 5.97. The molecular weight excluding hydrogens is 335 g/mol. The molecule has 7 heteroatoms. The van der Waals surface area contributed by atoms with Crippen LogP contribution in [0.2, 0.25) is 10.0 Å². The van der Waals surface area contributed by atoms with Crippen molar-refractivity contribution in [2.75, 3.05) is 13.2 Å². The zero-order chi connectivity index (χ0) is 14.8. The predicted octanol–water partition coefficient (Wildman–Crippen LogP) is 3.10. The second kappa shape index (κ2) is 7.65. The highest BCUT2D eigenvalue weighted by Crippen LogP contribution is 2.27. The van der Waals surface area contributed by atoms with Crippen LogP contribution in [0.25, 0.3) is 0 Å². The summed E-state index contributed by atoms with van der Waals surface area (Å²) in [6, 6.07) is 4.99. The Balaban J connectivity index is 0.00000220. The monoisotopic (exact) mass is 352 g/mol. The van der Waals surface area contributed by atoms with Crippen LogP contribution >= 0.6 is 35.6 Å². The fourth-order valence-electron chi connectivity index (χ4n) is 2.23. The summed E-state index contributed by atoms with van der Waals surface area (Å²) in [6.45, 7) is 2.90. The Hall–Kier alpha value is -0.520. The minimum Gasteiger partial charge on any atom is -0.381 e. The van der Waals surface area contributed by atoms with Crippen molar-refractivity contribution in [3.63, 3.8) is 0 Å². The van der Waals surface area contributed by atoms with E-state index >= 15 is 0 Å². The van der Waals surface area contributed by atoms with Crippen LogP contribution in [0.5, 0.6) is 0 Å². The summed E-state index contributed by atoms with van der Waals surface area (Å²) in [5.74, 6) is -0.167. The lowest BCUT2D eigenvalue weighted by atomic mass is 9.90. The van der Waals surface area contributed by atoms with Crippen molar-refractivity contribution >= 4 is 41.5 Å². The van der Waals surface area contributed by atoms with Gasteiger partial charge in [-0.05, 0) is 37.5 Å². The first kappa shape index (κ1) is 18.5. The standard InChI is InChI=1S/C14H18Cl2N2O2.ClH/c1-9(11-3-2-10(15)8-12(11)16)18-13(19)14(17)4-6-20-7-5-14;/h2-3,8-9H,4-7,17H2,1H3,(H,18,19);1H. The van der Waals surface area contributed by atoms with Crippen LogP contribution in [0, 0.1) is 0 Å². The van der Waals surface area contributed by atoms with Crippen LogP contribution in [0.1, 0.15) is 31.4 Å². The molecule has 4 nitrogen and oxygen atoms in total. The lowest BCUT2D eigenvalue weighted by molar-refractivity contribution is -0.130. The summed E-state index contributed by atoms with van der Waals surface area (Å²) in [6.07, 6.45) is 1.06. The molecule has 0 saturated carbocycles. The largest absolute Gasteiger partial charge is 0.381 e. The van der Waals surface area contributed by atoms with Gasteiger partial charge < -0.3 is 15.8 Å². The van der Waals surface area contributed by atoms with E-state index in [1.54, 1.807) is 12.1 Å². The number of halogens is 3. The van der Waals surface area contributed by atoms with Crippen LogP contribution < -0.4 is 11.1 Å². The molecular formula is C14H19Cl3N2O2. The normalized spacial score (nSPS) is 18.5. The first-order chi connectivity index (χ1) is 9.42. The Kier molecular flexibility index (Phi) is 6.75. The summed E-state index contributed by atoms with van der Waals surface area (Å²) >= 11 is 12.0. The molecule has 0 radical (unpaired) electrons. The minimum atomic E-state index is -0.856. The average Bonchev–Trinajstić information content (AvgIpc) is 2.39. The first-order valence-electron chi connectivity index (χ1n) is 6.55. The highest BCUT2D eigenvalue weighted by atomic mass is 35.5. The van der Waals surface area contributed by atoms with Gasteiger partial charge in [0.15, 0.2) is 0 Å². The van der Waals surface area contributed by atoms with Gasteiger partial charge in [0.05, 0.1) is 11.6 Å². The van der Waals surface area contributed by atoms with Crippen molar-refractivity contribution in [1.82, 2.24) is 5.32 Å². The van der Waals surface area contributed by atoms with E-state index in [-0.39, 0.29) is 24.4 Å². The Labute approximate surface area is 140 Å². The number of nitrogens with two attached hydrogens (primary N) is 1. The number of amides is 1. The van der Waals surface area contributed by atoms with Crippen molar-refractivity contribution < 1.29 is 9.53 Å². The number of benzene rings is 1. The van der Waals surface area contributed by atoms with E-state index < -0.39 is 5.54 Å². The van der Waals surface area contributed by atoms with Crippen LogP contribution in [0.15, 0.2) is 18.2 Å². The molecule has 0 aromatic heterocycles. The molecule has 1 unspecified atom stereocenters. The van der Waals surface area contributed by atoms with Crippen molar-refractivity contribution in [2.24, 2.45) is 5.73 Å². The number of rotatable bonds is 3. The van der Waals surface area contributed by atoms with E-state index in [0.29, 0.717) is 36.1 Å². The smallest absolute Gasteiger partial charge is 0.240 e. The number of carbonyl (C=O) groups is 1. The molecule has 0 spiro atoms. The van der Waals surface area contributed by atoms with E-state index in [0.717, 1.165) is 5.56 Å². The van der Waals surface area contributed by atoms with Gasteiger partial charge in [-0.15, -0.1) is 12.4 Å². The fourth-order valence-corrected chi connectivity index (χ4v) is 2.81. The van der Waals surface area contributed by atoms with Crippen molar-refractivity contribution in [1.29, 1.82) is 0 Å². The summed E-state index contributed by atoms with van der Waals surface area (Å²) in [4.78, 5) is 12.3. The number of carbonyl (C=O) groups excluding carboxylic acids is 1. The molecule has 21 heavy (non-hydrogen) atoms. The van der Waals surface area contributed by atoms with Crippen molar-refractivity contribution in [3.8, 4) is 0 Å². The zero-order valence-corrected chi connectivity index (χ0v) is 14.0. The zero-order valence-electron chi connectivity index (χ0n) is 11.7. The molecule has 1 amide bonds. The summed E-state index contributed by atoms with van der Waals surface area (Å²) in [5, 5.41) is 4.02. The van der Waals surface area contributed by atoms with Gasteiger partial charge in [0.25, 0.3) is 0 Å². The Bertz CT molecular complexity index is 505. The fraction of sp³-hybridized carbons (Fsp3) is 0.500. The SMILES string of the molecule is CC(NC(=O)C1(N)CCOCC1)c1ccc(Cl)cc1Cl.Cl. The van der Waals surface area contributed by atoms with Crippen LogP contribution in [-0.4, -0.2) is 24.7 Å². The maximum atomic E-state index is 12.3. The quantitative estimate of drug-likeness (QED) is 0.877.